The summed E-state index contributed by atoms with van der Waals surface area (Å²) >= 11 is 0. The molecule has 0 unspecified atom stereocenters. The van der Waals surface area contributed by atoms with Gasteiger partial charge in [-0.2, -0.15) is 0 Å². The lowest BCUT2D eigenvalue weighted by atomic mass is 9.75. The highest BCUT2D eigenvalue weighted by atomic mass is 16.3. The quantitative estimate of drug-likeness (QED) is 0.719. The summed E-state index contributed by atoms with van der Waals surface area (Å²) in [7, 11) is 0. The first-order valence-electron chi connectivity index (χ1n) is 8.41. The molecule has 1 spiro atoms. The molecular weight excluding hydrogens is 268 g/mol. The summed E-state index contributed by atoms with van der Waals surface area (Å²) in [6.07, 6.45) is 13.5. The van der Waals surface area contributed by atoms with Crippen molar-refractivity contribution in [3.05, 3.63) is 52.1 Å². The minimum Gasteiger partial charge on any atom is -0.507 e. The fraction of sp³-hybridized carbons (Fsp3) is 0.429. The molecule has 1 aromatic carbocycles. The predicted octanol–water partition coefficient (Wildman–Crippen LogP) is 5.91. The number of benzene rings is 1. The van der Waals surface area contributed by atoms with Crippen LogP contribution >= 0.6 is 0 Å². The van der Waals surface area contributed by atoms with Gasteiger partial charge in [0.05, 0.1) is 0 Å². The van der Waals surface area contributed by atoms with E-state index in [2.05, 4.69) is 32.9 Å². The topological polar surface area (TPSA) is 20.2 Å². The molecule has 0 atom stereocenters. The van der Waals surface area contributed by atoms with Crippen LogP contribution in [0.4, 0.5) is 0 Å². The van der Waals surface area contributed by atoms with E-state index in [1.807, 2.05) is 25.1 Å². The van der Waals surface area contributed by atoms with Crippen LogP contribution in [0.25, 0.3) is 11.6 Å². The smallest absolute Gasteiger partial charge is 0.123 e. The van der Waals surface area contributed by atoms with Crippen LogP contribution in [0, 0.1) is 6.92 Å². The van der Waals surface area contributed by atoms with Crippen molar-refractivity contribution in [2.75, 3.05) is 0 Å². The molecule has 0 radical (unpaired) electrons. The number of phenols is 1. The minimum absolute atomic E-state index is 0.141. The summed E-state index contributed by atoms with van der Waals surface area (Å²) < 4.78 is 0. The van der Waals surface area contributed by atoms with Crippen LogP contribution in [0.5, 0.6) is 5.75 Å². The lowest BCUT2D eigenvalue weighted by Crippen LogP contribution is -2.21. The Morgan fingerprint density at radius 1 is 1.05 bits per heavy atom. The molecule has 22 heavy (non-hydrogen) atoms. The van der Waals surface area contributed by atoms with E-state index in [-0.39, 0.29) is 5.41 Å². The number of rotatable bonds is 2. The van der Waals surface area contributed by atoms with E-state index in [0.29, 0.717) is 5.75 Å². The zero-order valence-electron chi connectivity index (χ0n) is 14.2. The molecule has 1 heteroatoms. The third-order valence-corrected chi connectivity index (χ3v) is 5.54. The molecule has 0 aliphatic heterocycles. The maximum absolute atomic E-state index is 10.5. The fourth-order valence-electron chi connectivity index (χ4n) is 4.66. The van der Waals surface area contributed by atoms with E-state index in [0.717, 1.165) is 5.56 Å². The average molecular weight is 294 g/mol. The normalized spacial score (nSPS) is 20.0. The molecular formula is C21H26O. The molecule has 2 aliphatic rings. The van der Waals surface area contributed by atoms with Gasteiger partial charge in [0.2, 0.25) is 0 Å². The Hall–Kier alpha value is -1.76. The van der Waals surface area contributed by atoms with Crippen molar-refractivity contribution in [3.8, 4) is 5.75 Å². The van der Waals surface area contributed by atoms with Crippen molar-refractivity contribution >= 4 is 11.6 Å². The van der Waals surface area contributed by atoms with Gasteiger partial charge in [-0.15, -0.1) is 0 Å². The third kappa shape index (κ3) is 1.91. The summed E-state index contributed by atoms with van der Waals surface area (Å²) in [5, 5.41) is 10.5. The van der Waals surface area contributed by atoms with Crippen molar-refractivity contribution < 1.29 is 5.11 Å². The largest absolute Gasteiger partial charge is 0.507 e. The van der Waals surface area contributed by atoms with Crippen LogP contribution in [-0.2, 0) is 5.41 Å². The third-order valence-electron chi connectivity index (χ3n) is 5.54. The van der Waals surface area contributed by atoms with Gasteiger partial charge in [-0.1, -0.05) is 37.1 Å². The van der Waals surface area contributed by atoms with Crippen LogP contribution in [0.1, 0.15) is 68.7 Å². The van der Waals surface area contributed by atoms with Gasteiger partial charge in [-0.05, 0) is 74.4 Å². The fourth-order valence-corrected chi connectivity index (χ4v) is 4.66. The second-order valence-corrected chi connectivity index (χ2v) is 6.68. The standard InChI is InChI=1S/C21H26O/c1-5-9-16-14(3)20-15(4)17(10-6-2)21(11-7-8-12-21)18(20)13-19(16)22/h5-6,9-10,13,22H,7-8,11-12H2,1-4H3/b9-5-,10-6-. The number of allylic oxidation sites excluding steroid dienone is 5. The highest BCUT2D eigenvalue weighted by Gasteiger charge is 2.45. The molecule has 2 aliphatic carbocycles. The van der Waals surface area contributed by atoms with E-state index in [4.69, 9.17) is 0 Å². The van der Waals surface area contributed by atoms with Gasteiger partial charge in [-0.25, -0.2) is 0 Å². The van der Waals surface area contributed by atoms with Crippen molar-refractivity contribution in [2.24, 2.45) is 0 Å². The summed E-state index contributed by atoms with van der Waals surface area (Å²) in [5.74, 6) is 0.426. The molecule has 1 N–H and O–H groups in total. The maximum Gasteiger partial charge on any atom is 0.123 e. The van der Waals surface area contributed by atoms with Crippen LogP contribution < -0.4 is 0 Å². The van der Waals surface area contributed by atoms with E-state index in [1.165, 1.54) is 53.5 Å². The number of aromatic hydroxyl groups is 1. The summed E-state index contributed by atoms with van der Waals surface area (Å²) in [5.41, 5.74) is 7.94. The number of phenolic OH excluding ortho intramolecular Hbond substituents is 1. The molecule has 0 aromatic heterocycles. The lowest BCUT2D eigenvalue weighted by molar-refractivity contribution is 0.467. The molecule has 1 aromatic rings. The summed E-state index contributed by atoms with van der Waals surface area (Å²) in [4.78, 5) is 0. The molecule has 1 nitrogen and oxygen atoms in total. The Labute approximate surface area is 134 Å². The number of fused-ring (bicyclic) bond motifs is 2. The molecule has 0 saturated heterocycles. The van der Waals surface area contributed by atoms with Crippen molar-refractivity contribution in [3.63, 3.8) is 0 Å². The van der Waals surface area contributed by atoms with Gasteiger partial charge in [0.1, 0.15) is 5.75 Å². The Bertz CT molecular complexity index is 695. The SMILES string of the molecule is C/C=C\C1=C(C)c2c(cc(O)c(/C=C\C)c2C)C12CCCC2. The van der Waals surface area contributed by atoms with Crippen LogP contribution in [0.3, 0.4) is 0 Å². The number of hydrogen-bond donors (Lipinski definition) is 1. The molecule has 0 heterocycles. The highest BCUT2D eigenvalue weighted by molar-refractivity contribution is 5.86. The second kappa shape index (κ2) is 5.46. The first-order valence-corrected chi connectivity index (χ1v) is 8.41. The molecule has 0 amide bonds. The average Bonchev–Trinajstić information content (AvgIpc) is 3.05. The van der Waals surface area contributed by atoms with Gasteiger partial charge < -0.3 is 5.11 Å². The Morgan fingerprint density at radius 3 is 2.27 bits per heavy atom. The first kappa shape index (κ1) is 15.1. The Balaban J connectivity index is 2.33. The Morgan fingerprint density at radius 2 is 1.68 bits per heavy atom. The van der Waals surface area contributed by atoms with Crippen molar-refractivity contribution in [2.45, 2.75) is 58.8 Å². The van der Waals surface area contributed by atoms with Gasteiger partial charge in [-0.3, -0.25) is 0 Å². The monoisotopic (exact) mass is 294 g/mol. The predicted molar refractivity (Wildman–Crippen MR) is 95.1 cm³/mol. The molecule has 1 saturated carbocycles. The number of hydrogen-bond acceptors (Lipinski definition) is 1. The maximum atomic E-state index is 10.5. The zero-order valence-corrected chi connectivity index (χ0v) is 14.2. The van der Waals surface area contributed by atoms with Crippen LogP contribution in [0.15, 0.2) is 29.9 Å². The molecule has 1 fully saturated rings. The summed E-state index contributed by atoms with van der Waals surface area (Å²) in [6.45, 7) is 8.50. The van der Waals surface area contributed by atoms with Crippen molar-refractivity contribution in [1.29, 1.82) is 0 Å². The van der Waals surface area contributed by atoms with Crippen LogP contribution in [0.2, 0.25) is 0 Å². The van der Waals surface area contributed by atoms with E-state index < -0.39 is 0 Å². The van der Waals surface area contributed by atoms with E-state index in [9.17, 15) is 5.11 Å². The van der Waals surface area contributed by atoms with E-state index >= 15 is 0 Å². The second-order valence-electron chi connectivity index (χ2n) is 6.68. The van der Waals surface area contributed by atoms with Crippen LogP contribution in [-0.4, -0.2) is 5.11 Å². The van der Waals surface area contributed by atoms with Gasteiger partial charge >= 0.3 is 0 Å². The van der Waals surface area contributed by atoms with Gasteiger partial charge in [0.25, 0.3) is 0 Å². The molecule has 0 bridgehead atoms. The first-order chi connectivity index (χ1) is 10.6. The van der Waals surface area contributed by atoms with Gasteiger partial charge in [0.15, 0.2) is 0 Å². The minimum atomic E-state index is 0.141. The Kier molecular flexibility index (Phi) is 3.76. The zero-order chi connectivity index (χ0) is 15.9. The highest BCUT2D eigenvalue weighted by Crippen LogP contribution is 2.57. The lowest BCUT2D eigenvalue weighted by Gasteiger charge is -2.28. The van der Waals surface area contributed by atoms with Gasteiger partial charge in [0, 0.05) is 11.0 Å². The van der Waals surface area contributed by atoms with Crippen molar-refractivity contribution in [1.82, 2.24) is 0 Å². The molecule has 116 valence electrons. The summed E-state index contributed by atoms with van der Waals surface area (Å²) in [6, 6.07) is 2.04. The molecule has 3 rings (SSSR count). The van der Waals surface area contributed by atoms with E-state index in [1.54, 1.807) is 0 Å².